The highest BCUT2D eigenvalue weighted by molar-refractivity contribution is 6.12. The molecule has 1 atom stereocenters. The quantitative estimate of drug-likeness (QED) is 0.520. The Morgan fingerprint density at radius 1 is 1.15 bits per heavy atom. The summed E-state index contributed by atoms with van der Waals surface area (Å²) < 4.78 is 12.9. The number of hydrogen-bond acceptors (Lipinski definition) is 4. The van der Waals surface area contributed by atoms with Crippen molar-refractivity contribution in [1.82, 2.24) is 9.88 Å². The summed E-state index contributed by atoms with van der Waals surface area (Å²) in [5.41, 5.74) is 2.97. The Labute approximate surface area is 194 Å². The third kappa shape index (κ3) is 4.09. The second-order valence-corrected chi connectivity index (χ2v) is 8.61. The molecule has 0 saturated carbocycles. The summed E-state index contributed by atoms with van der Waals surface area (Å²) in [5.74, 6) is 0.256. The van der Waals surface area contributed by atoms with Crippen LogP contribution in [0.15, 0.2) is 53.1 Å². The predicted molar refractivity (Wildman–Crippen MR) is 127 cm³/mol. The van der Waals surface area contributed by atoms with Gasteiger partial charge in [0.1, 0.15) is 17.0 Å². The lowest BCUT2D eigenvalue weighted by Crippen LogP contribution is -2.64. The highest BCUT2D eigenvalue weighted by Gasteiger charge is 2.49. The second kappa shape index (κ2) is 9.27. The van der Waals surface area contributed by atoms with Crippen LogP contribution in [0.1, 0.15) is 41.9 Å². The van der Waals surface area contributed by atoms with Gasteiger partial charge >= 0.3 is 0 Å². The molecule has 0 spiro atoms. The van der Waals surface area contributed by atoms with Crippen molar-refractivity contribution < 1.29 is 18.7 Å². The van der Waals surface area contributed by atoms with Gasteiger partial charge in [-0.2, -0.15) is 0 Å². The molecule has 2 aromatic heterocycles. The van der Waals surface area contributed by atoms with E-state index in [2.05, 4.69) is 5.32 Å². The van der Waals surface area contributed by atoms with Crippen molar-refractivity contribution in [3.63, 3.8) is 0 Å². The first-order chi connectivity index (χ1) is 15.9. The van der Waals surface area contributed by atoms with Crippen LogP contribution in [0.2, 0.25) is 0 Å². The van der Waals surface area contributed by atoms with Crippen molar-refractivity contribution in [2.75, 3.05) is 24.7 Å². The lowest BCUT2D eigenvalue weighted by Gasteiger charge is -2.44. The molecular formula is C26H31N3O4. The van der Waals surface area contributed by atoms with Crippen molar-refractivity contribution in [3.8, 4) is 11.5 Å². The van der Waals surface area contributed by atoms with Gasteiger partial charge in [-0.25, -0.2) is 0 Å². The van der Waals surface area contributed by atoms with E-state index >= 15 is 0 Å². The Kier molecular flexibility index (Phi) is 6.42. The normalized spacial score (nSPS) is 17.8. The molecule has 3 aromatic rings. The van der Waals surface area contributed by atoms with E-state index in [9.17, 15) is 9.59 Å². The minimum atomic E-state index is -1.13. The molecule has 7 nitrogen and oxygen atoms in total. The first kappa shape index (κ1) is 22.9. The van der Waals surface area contributed by atoms with E-state index in [1.807, 2.05) is 68.7 Å². The summed E-state index contributed by atoms with van der Waals surface area (Å²) in [5, 5.41) is 3.03. The van der Waals surface area contributed by atoms with Gasteiger partial charge in [-0.15, -0.1) is 0 Å². The molecule has 0 saturated heterocycles. The van der Waals surface area contributed by atoms with Gasteiger partial charge < -0.3 is 19.0 Å². The van der Waals surface area contributed by atoms with Crippen LogP contribution in [0.4, 0.5) is 5.69 Å². The van der Waals surface area contributed by atoms with E-state index in [4.69, 9.17) is 9.15 Å². The van der Waals surface area contributed by atoms with Crippen molar-refractivity contribution in [1.29, 1.82) is 0 Å². The van der Waals surface area contributed by atoms with Gasteiger partial charge in [0.25, 0.3) is 5.91 Å². The number of nitrogens with one attached hydrogen (secondary N) is 1. The topological polar surface area (TPSA) is 76.7 Å². The molecule has 3 heterocycles. The zero-order chi connectivity index (χ0) is 23.6. The van der Waals surface area contributed by atoms with Gasteiger partial charge in [0.15, 0.2) is 0 Å². The fraction of sp³-hybridized carbons (Fsp3) is 0.385. The van der Waals surface area contributed by atoms with Crippen molar-refractivity contribution in [3.05, 3.63) is 65.5 Å². The zero-order valence-corrected chi connectivity index (χ0v) is 19.7. The van der Waals surface area contributed by atoms with Crippen LogP contribution in [0, 0.1) is 13.8 Å². The van der Waals surface area contributed by atoms with E-state index in [0.29, 0.717) is 44.2 Å². The fourth-order valence-corrected chi connectivity index (χ4v) is 4.42. The Morgan fingerprint density at radius 2 is 1.94 bits per heavy atom. The molecule has 0 radical (unpaired) electrons. The number of carbonyl (C=O) groups excluding carboxylic acids is 2. The number of aryl methyl sites for hydroxylation is 1. The molecule has 33 heavy (non-hydrogen) atoms. The molecule has 174 valence electrons. The number of carbonyl (C=O) groups is 2. The van der Waals surface area contributed by atoms with Crippen molar-refractivity contribution >= 4 is 17.5 Å². The summed E-state index contributed by atoms with van der Waals surface area (Å²) in [6.45, 7) is 9.79. The van der Waals surface area contributed by atoms with E-state index in [1.54, 1.807) is 17.2 Å². The molecule has 0 fully saturated rings. The number of ether oxygens (including phenoxy) is 1. The summed E-state index contributed by atoms with van der Waals surface area (Å²) in [4.78, 5) is 29.2. The molecule has 0 unspecified atom stereocenters. The van der Waals surface area contributed by atoms with Crippen LogP contribution in [-0.2, 0) is 16.1 Å². The molecule has 4 rings (SSSR count). The Morgan fingerprint density at radius 3 is 2.67 bits per heavy atom. The minimum Gasteiger partial charge on any atom is -0.463 e. The number of rotatable bonds is 8. The molecule has 0 bridgehead atoms. The zero-order valence-electron chi connectivity index (χ0n) is 19.7. The molecule has 1 N–H and O–H groups in total. The summed E-state index contributed by atoms with van der Waals surface area (Å²) >= 11 is 0. The average Bonchev–Trinajstić information content (AvgIpc) is 3.46. The smallest absolute Gasteiger partial charge is 0.275 e. The first-order valence-electron chi connectivity index (χ1n) is 11.4. The number of benzene rings is 1. The van der Waals surface area contributed by atoms with E-state index < -0.39 is 5.54 Å². The Bertz CT molecular complexity index is 1150. The summed E-state index contributed by atoms with van der Waals surface area (Å²) in [7, 11) is 0. The maximum Gasteiger partial charge on any atom is 0.275 e. The summed E-state index contributed by atoms with van der Waals surface area (Å²) in [6.07, 6.45) is 2.31. The Hall–Kier alpha value is -3.32. The third-order valence-corrected chi connectivity index (χ3v) is 6.40. The number of nitrogens with zero attached hydrogens (tertiary/aromatic N) is 2. The Balaban J connectivity index is 1.76. The van der Waals surface area contributed by atoms with Crippen LogP contribution >= 0.6 is 0 Å². The second-order valence-electron chi connectivity index (χ2n) is 8.61. The van der Waals surface area contributed by atoms with Crippen molar-refractivity contribution in [2.24, 2.45) is 0 Å². The molecular weight excluding hydrogens is 418 g/mol. The molecule has 1 aromatic carbocycles. The van der Waals surface area contributed by atoms with Gasteiger partial charge in [-0.1, -0.05) is 12.1 Å². The molecule has 2 amide bonds. The highest BCUT2D eigenvalue weighted by Crippen LogP contribution is 2.38. The molecule has 0 aliphatic carbocycles. The fourth-order valence-electron chi connectivity index (χ4n) is 4.42. The maximum atomic E-state index is 13.9. The standard InChI is InChI=1S/C26H31N3O4/c1-5-32-15-8-14-27-25(31)26(4)17-28-21(23-11-7-16-33-23)12-13-22(28)24(30)29(26)20-10-6-9-18(2)19(20)3/h6-7,9-13,16H,5,8,14-15,17H2,1-4H3,(H,27,31)/t26-/m0/s1. The average molecular weight is 450 g/mol. The SMILES string of the molecule is CCOCCCNC(=O)[C@]1(C)Cn2c(ccc2-c2ccco2)C(=O)N1c1cccc(C)c1C. The van der Waals surface area contributed by atoms with E-state index in [1.165, 1.54) is 0 Å². The van der Waals surface area contributed by atoms with Crippen molar-refractivity contribution in [2.45, 2.75) is 46.2 Å². The van der Waals surface area contributed by atoms with Crippen LogP contribution in [0.5, 0.6) is 0 Å². The number of furan rings is 1. The monoisotopic (exact) mass is 449 g/mol. The summed E-state index contributed by atoms with van der Waals surface area (Å²) in [6, 6.07) is 13.2. The largest absolute Gasteiger partial charge is 0.463 e. The van der Waals surface area contributed by atoms with E-state index in [0.717, 1.165) is 22.5 Å². The van der Waals surface area contributed by atoms with E-state index in [-0.39, 0.29) is 11.8 Å². The van der Waals surface area contributed by atoms with Gasteiger partial charge in [0, 0.05) is 25.4 Å². The van der Waals surface area contributed by atoms with Crippen LogP contribution in [-0.4, -0.2) is 41.7 Å². The van der Waals surface area contributed by atoms with Crippen LogP contribution < -0.4 is 10.2 Å². The lowest BCUT2D eigenvalue weighted by molar-refractivity contribution is -0.126. The number of fused-ring (bicyclic) bond motifs is 1. The minimum absolute atomic E-state index is 0.196. The third-order valence-electron chi connectivity index (χ3n) is 6.40. The van der Waals surface area contributed by atoms with Gasteiger partial charge in [0.2, 0.25) is 5.91 Å². The molecule has 1 aliphatic rings. The number of aromatic nitrogens is 1. The predicted octanol–water partition coefficient (Wildman–Crippen LogP) is 4.33. The number of hydrogen-bond donors (Lipinski definition) is 1. The van der Waals surface area contributed by atoms with Crippen LogP contribution in [0.3, 0.4) is 0 Å². The van der Waals surface area contributed by atoms with Gasteiger partial charge in [0.05, 0.1) is 18.5 Å². The van der Waals surface area contributed by atoms with Gasteiger partial charge in [-0.05, 0) is 75.6 Å². The molecule has 1 aliphatic heterocycles. The highest BCUT2D eigenvalue weighted by atomic mass is 16.5. The first-order valence-corrected chi connectivity index (χ1v) is 11.4. The van der Waals surface area contributed by atoms with Gasteiger partial charge in [-0.3, -0.25) is 14.5 Å². The lowest BCUT2D eigenvalue weighted by atomic mass is 9.92. The maximum absolute atomic E-state index is 13.9. The molecule has 7 heteroatoms. The van der Waals surface area contributed by atoms with Crippen LogP contribution in [0.25, 0.3) is 11.5 Å². The number of anilines is 1. The number of amides is 2.